The number of carboxylic acids is 1. The molecule has 0 aliphatic carbocycles. The summed E-state index contributed by atoms with van der Waals surface area (Å²) in [5.41, 5.74) is 3.24. The van der Waals surface area contributed by atoms with E-state index in [0.717, 1.165) is 11.8 Å². The van der Waals surface area contributed by atoms with Crippen molar-refractivity contribution >= 4 is 12.0 Å². The second kappa shape index (κ2) is 9.67. The molecule has 1 N–H and O–H groups in total. The van der Waals surface area contributed by atoms with Crippen molar-refractivity contribution in [2.24, 2.45) is 0 Å². The molecule has 0 aliphatic rings. The lowest BCUT2D eigenvalue weighted by Gasteiger charge is -2.14. The van der Waals surface area contributed by atoms with Crippen LogP contribution in [0, 0.1) is 6.92 Å². The molecule has 5 nitrogen and oxygen atoms in total. The molecule has 0 bridgehead atoms. The summed E-state index contributed by atoms with van der Waals surface area (Å²) in [4.78, 5) is 10.6. The zero-order valence-corrected chi connectivity index (χ0v) is 16.2. The van der Waals surface area contributed by atoms with Gasteiger partial charge in [-0.05, 0) is 59.9 Å². The highest BCUT2D eigenvalue weighted by molar-refractivity contribution is 5.85. The summed E-state index contributed by atoms with van der Waals surface area (Å²) in [6.07, 6.45) is 2.59. The first kappa shape index (κ1) is 20.4. The summed E-state index contributed by atoms with van der Waals surface area (Å²) in [5, 5.41) is 8.73. The number of carboxylic acid groups (broad SMARTS) is 1. The second-order valence-electron chi connectivity index (χ2n) is 6.45. The van der Waals surface area contributed by atoms with Crippen molar-refractivity contribution < 1.29 is 24.1 Å². The summed E-state index contributed by atoms with van der Waals surface area (Å²) in [6, 6.07) is 11.3. The maximum absolute atomic E-state index is 10.6. The highest BCUT2D eigenvalue weighted by Gasteiger charge is 2.07. The molecular weight excluding hydrogens is 344 g/mol. The summed E-state index contributed by atoms with van der Waals surface area (Å²) in [7, 11) is 1.56. The Morgan fingerprint density at radius 3 is 2.44 bits per heavy atom. The normalized spacial score (nSPS) is 11.0. The molecule has 0 aromatic heterocycles. The molecule has 0 atom stereocenters. The first-order valence-corrected chi connectivity index (χ1v) is 8.86. The fourth-order valence-electron chi connectivity index (χ4n) is 2.77. The molecular formula is C22H26O5. The Labute approximate surface area is 160 Å². The van der Waals surface area contributed by atoms with E-state index in [1.54, 1.807) is 25.3 Å². The van der Waals surface area contributed by atoms with Crippen molar-refractivity contribution in [3.8, 4) is 17.2 Å². The highest BCUT2D eigenvalue weighted by atomic mass is 16.5. The summed E-state index contributed by atoms with van der Waals surface area (Å²) < 4.78 is 16.8. The number of benzene rings is 2. The highest BCUT2D eigenvalue weighted by Crippen LogP contribution is 2.29. The lowest BCUT2D eigenvalue weighted by molar-refractivity contribution is -0.131. The van der Waals surface area contributed by atoms with E-state index in [0.29, 0.717) is 36.2 Å². The minimum atomic E-state index is -1.000. The molecule has 0 saturated heterocycles. The van der Waals surface area contributed by atoms with Crippen LogP contribution in [0.25, 0.3) is 6.08 Å². The second-order valence-corrected chi connectivity index (χ2v) is 6.45. The summed E-state index contributed by atoms with van der Waals surface area (Å²) >= 11 is 0. The quantitative estimate of drug-likeness (QED) is 0.513. The van der Waals surface area contributed by atoms with Crippen molar-refractivity contribution in [3.05, 3.63) is 59.2 Å². The molecule has 27 heavy (non-hydrogen) atoms. The Morgan fingerprint density at radius 2 is 1.81 bits per heavy atom. The number of ether oxygens (including phenoxy) is 3. The smallest absolute Gasteiger partial charge is 0.328 e. The molecule has 2 aromatic carbocycles. The van der Waals surface area contributed by atoms with E-state index in [-0.39, 0.29) is 0 Å². The van der Waals surface area contributed by atoms with Crippen molar-refractivity contribution in [1.29, 1.82) is 0 Å². The summed E-state index contributed by atoms with van der Waals surface area (Å²) in [5.74, 6) is 1.42. The Bertz CT molecular complexity index is 808. The van der Waals surface area contributed by atoms with Gasteiger partial charge in [-0.1, -0.05) is 26.0 Å². The van der Waals surface area contributed by atoms with Crippen LogP contribution >= 0.6 is 0 Å². The van der Waals surface area contributed by atoms with Crippen LogP contribution in [0.5, 0.6) is 17.2 Å². The number of hydrogen-bond acceptors (Lipinski definition) is 4. The Kier molecular flexibility index (Phi) is 7.29. The van der Waals surface area contributed by atoms with Gasteiger partial charge in [-0.15, -0.1) is 0 Å². The molecule has 0 spiro atoms. The van der Waals surface area contributed by atoms with E-state index < -0.39 is 5.97 Å². The van der Waals surface area contributed by atoms with Crippen LogP contribution in [0.3, 0.4) is 0 Å². The Morgan fingerprint density at radius 1 is 1.07 bits per heavy atom. The Hall–Kier alpha value is -2.95. The van der Waals surface area contributed by atoms with Crippen LogP contribution < -0.4 is 14.2 Å². The zero-order valence-electron chi connectivity index (χ0n) is 16.2. The number of hydrogen-bond donors (Lipinski definition) is 1. The summed E-state index contributed by atoms with van der Waals surface area (Å²) in [6.45, 7) is 7.15. The number of methoxy groups -OCH3 is 1. The average molecular weight is 370 g/mol. The van der Waals surface area contributed by atoms with E-state index in [1.165, 1.54) is 17.2 Å². The Balaban J connectivity index is 1.95. The van der Waals surface area contributed by atoms with Crippen LogP contribution in [0.15, 0.2) is 42.5 Å². The predicted molar refractivity (Wildman–Crippen MR) is 106 cm³/mol. The molecule has 0 amide bonds. The molecule has 2 rings (SSSR count). The van der Waals surface area contributed by atoms with Gasteiger partial charge >= 0.3 is 5.97 Å². The molecule has 144 valence electrons. The lowest BCUT2D eigenvalue weighted by Crippen LogP contribution is -2.10. The van der Waals surface area contributed by atoms with Gasteiger partial charge in [-0.2, -0.15) is 0 Å². The van der Waals surface area contributed by atoms with Crippen molar-refractivity contribution in [3.63, 3.8) is 0 Å². The van der Waals surface area contributed by atoms with Gasteiger partial charge in [0.25, 0.3) is 0 Å². The van der Waals surface area contributed by atoms with E-state index in [2.05, 4.69) is 26.8 Å². The number of carbonyl (C=O) groups is 1. The van der Waals surface area contributed by atoms with Crippen molar-refractivity contribution in [1.82, 2.24) is 0 Å². The minimum absolute atomic E-state index is 0.341. The fraction of sp³-hybridized carbons (Fsp3) is 0.318. The fourth-order valence-corrected chi connectivity index (χ4v) is 2.77. The van der Waals surface area contributed by atoms with E-state index in [9.17, 15) is 4.79 Å². The van der Waals surface area contributed by atoms with Gasteiger partial charge in [0.05, 0.1) is 7.11 Å². The first-order valence-electron chi connectivity index (χ1n) is 8.86. The number of aliphatic carboxylic acids is 1. The van der Waals surface area contributed by atoms with Gasteiger partial charge in [0.15, 0.2) is 11.5 Å². The third kappa shape index (κ3) is 6.06. The molecule has 0 fully saturated rings. The van der Waals surface area contributed by atoms with Gasteiger partial charge in [0.1, 0.15) is 19.0 Å². The third-order valence-corrected chi connectivity index (χ3v) is 4.08. The molecule has 0 radical (unpaired) electrons. The SMILES string of the molecule is COc1ccc(C=CC(=O)O)cc1OCCOc1ccc(C(C)C)c(C)c1. The van der Waals surface area contributed by atoms with Gasteiger partial charge in [0, 0.05) is 6.08 Å². The standard InChI is InChI=1S/C22H26O5/c1-15(2)19-8-7-18(13-16(19)3)26-11-12-27-21-14-17(6-10-22(23)24)5-9-20(21)25-4/h5-10,13-15H,11-12H2,1-4H3,(H,23,24). The predicted octanol–water partition coefficient (Wildman–Crippen LogP) is 4.68. The topological polar surface area (TPSA) is 65.0 Å². The van der Waals surface area contributed by atoms with Gasteiger partial charge < -0.3 is 19.3 Å². The van der Waals surface area contributed by atoms with Crippen LogP contribution in [0.1, 0.15) is 36.5 Å². The van der Waals surface area contributed by atoms with Crippen LogP contribution in [-0.2, 0) is 4.79 Å². The minimum Gasteiger partial charge on any atom is -0.493 e. The van der Waals surface area contributed by atoms with Crippen molar-refractivity contribution in [2.45, 2.75) is 26.7 Å². The van der Waals surface area contributed by atoms with Gasteiger partial charge in [-0.3, -0.25) is 0 Å². The largest absolute Gasteiger partial charge is 0.493 e. The number of rotatable bonds is 9. The molecule has 2 aromatic rings. The van der Waals surface area contributed by atoms with Crippen LogP contribution in [0.4, 0.5) is 0 Å². The molecule has 0 unspecified atom stereocenters. The van der Waals surface area contributed by atoms with E-state index >= 15 is 0 Å². The molecule has 0 aliphatic heterocycles. The zero-order chi connectivity index (χ0) is 19.8. The monoisotopic (exact) mass is 370 g/mol. The molecule has 0 saturated carbocycles. The van der Waals surface area contributed by atoms with Crippen LogP contribution in [0.2, 0.25) is 0 Å². The van der Waals surface area contributed by atoms with Crippen LogP contribution in [-0.4, -0.2) is 31.4 Å². The first-order chi connectivity index (χ1) is 12.9. The molecule has 0 heterocycles. The van der Waals surface area contributed by atoms with Gasteiger partial charge in [-0.25, -0.2) is 4.79 Å². The van der Waals surface area contributed by atoms with E-state index in [4.69, 9.17) is 19.3 Å². The molecule has 5 heteroatoms. The maximum atomic E-state index is 10.6. The number of aryl methyl sites for hydroxylation is 1. The van der Waals surface area contributed by atoms with Crippen molar-refractivity contribution in [2.75, 3.05) is 20.3 Å². The lowest BCUT2D eigenvalue weighted by atomic mass is 9.98. The maximum Gasteiger partial charge on any atom is 0.328 e. The van der Waals surface area contributed by atoms with Gasteiger partial charge in [0.2, 0.25) is 0 Å². The average Bonchev–Trinajstić information content (AvgIpc) is 2.63. The third-order valence-electron chi connectivity index (χ3n) is 4.08. The van der Waals surface area contributed by atoms with E-state index in [1.807, 2.05) is 12.1 Å².